The first-order valence-corrected chi connectivity index (χ1v) is 8.75. The summed E-state index contributed by atoms with van der Waals surface area (Å²) in [5.41, 5.74) is 2.50. The summed E-state index contributed by atoms with van der Waals surface area (Å²) in [6, 6.07) is 7.28. The minimum absolute atomic E-state index is 0.680. The van der Waals surface area contributed by atoms with Crippen molar-refractivity contribution in [1.82, 2.24) is 5.32 Å². The van der Waals surface area contributed by atoms with Crippen molar-refractivity contribution in [3.8, 4) is 0 Å². The van der Waals surface area contributed by atoms with E-state index in [1.165, 1.54) is 36.9 Å². The molecular weight excluding hydrogens is 280 g/mol. The zero-order chi connectivity index (χ0) is 15.2. The molecular formula is C18H29ClN2. The zero-order valence-electron chi connectivity index (χ0n) is 13.7. The van der Waals surface area contributed by atoms with Gasteiger partial charge in [0, 0.05) is 19.1 Å². The van der Waals surface area contributed by atoms with Crippen LogP contribution in [0, 0.1) is 5.92 Å². The minimum atomic E-state index is 0.680. The highest BCUT2D eigenvalue weighted by Gasteiger charge is 2.29. The summed E-state index contributed by atoms with van der Waals surface area (Å²) in [5.74, 6) is 0.680. The number of hydrogen-bond donors (Lipinski definition) is 1. The molecule has 0 amide bonds. The summed E-state index contributed by atoms with van der Waals surface area (Å²) < 4.78 is 0. The van der Waals surface area contributed by atoms with E-state index in [9.17, 15) is 0 Å². The van der Waals surface area contributed by atoms with Gasteiger partial charge < -0.3 is 10.2 Å². The molecule has 0 atom stereocenters. The van der Waals surface area contributed by atoms with E-state index in [1.54, 1.807) is 0 Å². The van der Waals surface area contributed by atoms with Crippen molar-refractivity contribution < 1.29 is 0 Å². The fourth-order valence-corrected chi connectivity index (χ4v) is 2.92. The van der Waals surface area contributed by atoms with E-state index in [0.29, 0.717) is 5.92 Å². The van der Waals surface area contributed by atoms with Crippen LogP contribution in [0.2, 0.25) is 5.02 Å². The average molecular weight is 309 g/mol. The van der Waals surface area contributed by atoms with E-state index in [4.69, 9.17) is 11.6 Å². The summed E-state index contributed by atoms with van der Waals surface area (Å²) in [5, 5.41) is 4.38. The van der Waals surface area contributed by atoms with Crippen molar-refractivity contribution in [2.24, 2.45) is 5.92 Å². The molecule has 1 aromatic carbocycles. The van der Waals surface area contributed by atoms with Crippen molar-refractivity contribution in [3.05, 3.63) is 28.8 Å². The number of nitrogens with one attached hydrogen (secondary N) is 1. The molecule has 0 heterocycles. The Morgan fingerprint density at radius 2 is 2.10 bits per heavy atom. The Morgan fingerprint density at radius 1 is 1.33 bits per heavy atom. The molecule has 1 fully saturated rings. The second kappa shape index (κ2) is 8.05. The maximum Gasteiger partial charge on any atom is 0.0642 e. The molecule has 0 bridgehead atoms. The van der Waals surface area contributed by atoms with Crippen LogP contribution in [-0.2, 0) is 6.54 Å². The molecule has 1 aliphatic rings. The van der Waals surface area contributed by atoms with Gasteiger partial charge in [-0.15, -0.1) is 0 Å². The molecule has 2 nitrogen and oxygen atoms in total. The van der Waals surface area contributed by atoms with Crippen LogP contribution < -0.4 is 10.2 Å². The van der Waals surface area contributed by atoms with Gasteiger partial charge in [-0.2, -0.15) is 0 Å². The first-order valence-electron chi connectivity index (χ1n) is 8.37. The molecule has 3 heteroatoms. The number of nitrogens with zero attached hydrogens (tertiary/aromatic N) is 1. The molecule has 1 aliphatic carbocycles. The fraction of sp³-hybridized carbons (Fsp3) is 0.667. The summed E-state index contributed by atoms with van der Waals surface area (Å²) >= 11 is 6.55. The van der Waals surface area contributed by atoms with E-state index in [2.05, 4.69) is 49.2 Å². The number of halogens is 1. The first-order chi connectivity index (χ1) is 10.1. The van der Waals surface area contributed by atoms with Gasteiger partial charge in [-0.25, -0.2) is 0 Å². The predicted molar refractivity (Wildman–Crippen MR) is 93.3 cm³/mol. The molecule has 0 saturated heterocycles. The van der Waals surface area contributed by atoms with Crippen molar-refractivity contribution in [2.75, 3.05) is 18.0 Å². The molecule has 21 heavy (non-hydrogen) atoms. The molecule has 0 unspecified atom stereocenters. The molecule has 1 aromatic rings. The molecule has 2 rings (SSSR count). The van der Waals surface area contributed by atoms with E-state index < -0.39 is 0 Å². The van der Waals surface area contributed by atoms with Crippen LogP contribution in [0.5, 0.6) is 0 Å². The predicted octanol–water partition coefficient (Wildman–Crippen LogP) is 4.85. The highest BCUT2D eigenvalue weighted by Crippen LogP contribution is 2.36. The third kappa shape index (κ3) is 5.19. The fourth-order valence-electron chi connectivity index (χ4n) is 2.61. The van der Waals surface area contributed by atoms with E-state index in [-0.39, 0.29) is 0 Å². The number of benzene rings is 1. The van der Waals surface area contributed by atoms with Gasteiger partial charge in [0.25, 0.3) is 0 Å². The SMILES string of the molecule is CCCCN(c1ccc(CNCC(C)C)cc1Cl)C1CC1. The quantitative estimate of drug-likeness (QED) is 0.701. The number of hydrogen-bond acceptors (Lipinski definition) is 2. The van der Waals surface area contributed by atoms with Gasteiger partial charge >= 0.3 is 0 Å². The summed E-state index contributed by atoms with van der Waals surface area (Å²) in [6.07, 6.45) is 5.11. The standard InChI is InChI=1S/C18H29ClN2/c1-4-5-10-21(16-7-8-16)18-9-6-15(11-17(18)19)13-20-12-14(2)3/h6,9,11,14,16,20H,4-5,7-8,10,12-13H2,1-3H3. The van der Waals surface area contributed by atoms with Gasteiger partial charge in [-0.05, 0) is 49.4 Å². The van der Waals surface area contributed by atoms with Crippen LogP contribution in [0.15, 0.2) is 18.2 Å². The van der Waals surface area contributed by atoms with Gasteiger partial charge in [0.1, 0.15) is 0 Å². The average Bonchev–Trinajstić information content (AvgIpc) is 3.25. The smallest absolute Gasteiger partial charge is 0.0642 e. The van der Waals surface area contributed by atoms with Crippen LogP contribution >= 0.6 is 11.6 Å². The second-order valence-corrected chi connectivity index (χ2v) is 7.00. The van der Waals surface area contributed by atoms with Crippen LogP contribution in [0.4, 0.5) is 5.69 Å². The minimum Gasteiger partial charge on any atom is -0.367 e. The third-order valence-corrected chi connectivity index (χ3v) is 4.25. The van der Waals surface area contributed by atoms with Crippen molar-refractivity contribution in [3.63, 3.8) is 0 Å². The number of rotatable bonds is 9. The number of anilines is 1. The van der Waals surface area contributed by atoms with Gasteiger partial charge in [-0.1, -0.05) is 44.9 Å². The zero-order valence-corrected chi connectivity index (χ0v) is 14.4. The molecule has 1 saturated carbocycles. The summed E-state index contributed by atoms with van der Waals surface area (Å²) in [7, 11) is 0. The lowest BCUT2D eigenvalue weighted by Gasteiger charge is -2.26. The maximum atomic E-state index is 6.55. The lowest BCUT2D eigenvalue weighted by molar-refractivity contribution is 0.552. The van der Waals surface area contributed by atoms with Crippen LogP contribution in [0.3, 0.4) is 0 Å². The van der Waals surface area contributed by atoms with Gasteiger partial charge in [0.05, 0.1) is 10.7 Å². The van der Waals surface area contributed by atoms with Crippen molar-refractivity contribution >= 4 is 17.3 Å². The lowest BCUT2D eigenvalue weighted by atomic mass is 10.1. The molecule has 0 aromatic heterocycles. The van der Waals surface area contributed by atoms with Crippen LogP contribution in [0.1, 0.15) is 52.0 Å². The highest BCUT2D eigenvalue weighted by atomic mass is 35.5. The second-order valence-electron chi connectivity index (χ2n) is 6.59. The number of unbranched alkanes of at least 4 members (excludes halogenated alkanes) is 1. The van der Waals surface area contributed by atoms with Crippen molar-refractivity contribution in [1.29, 1.82) is 0 Å². The Morgan fingerprint density at radius 3 is 2.67 bits per heavy atom. The van der Waals surface area contributed by atoms with Crippen LogP contribution in [0.25, 0.3) is 0 Å². The molecule has 118 valence electrons. The molecule has 1 N–H and O–H groups in total. The highest BCUT2D eigenvalue weighted by molar-refractivity contribution is 6.33. The molecule has 0 radical (unpaired) electrons. The van der Waals surface area contributed by atoms with E-state index >= 15 is 0 Å². The van der Waals surface area contributed by atoms with E-state index in [1.807, 2.05) is 0 Å². The van der Waals surface area contributed by atoms with Crippen LogP contribution in [-0.4, -0.2) is 19.1 Å². The topological polar surface area (TPSA) is 15.3 Å². The third-order valence-electron chi connectivity index (χ3n) is 3.94. The first kappa shape index (κ1) is 16.6. The van der Waals surface area contributed by atoms with Crippen molar-refractivity contribution in [2.45, 2.75) is 59.0 Å². The van der Waals surface area contributed by atoms with Gasteiger partial charge in [0.2, 0.25) is 0 Å². The molecule has 0 spiro atoms. The largest absolute Gasteiger partial charge is 0.367 e. The lowest BCUT2D eigenvalue weighted by Crippen LogP contribution is -2.27. The monoisotopic (exact) mass is 308 g/mol. The summed E-state index contributed by atoms with van der Waals surface area (Å²) in [6.45, 7) is 9.78. The van der Waals surface area contributed by atoms with Gasteiger partial charge in [-0.3, -0.25) is 0 Å². The summed E-state index contributed by atoms with van der Waals surface area (Å²) in [4.78, 5) is 2.51. The Bertz CT molecular complexity index is 441. The van der Waals surface area contributed by atoms with Gasteiger partial charge in [0.15, 0.2) is 0 Å². The normalized spacial score (nSPS) is 14.7. The molecule has 0 aliphatic heterocycles. The Hall–Kier alpha value is -0.730. The Balaban J connectivity index is 1.99. The maximum absolute atomic E-state index is 6.55. The Labute approximate surface area is 134 Å². The van der Waals surface area contributed by atoms with E-state index in [0.717, 1.165) is 30.7 Å². The Kier molecular flexibility index (Phi) is 6.38.